The van der Waals surface area contributed by atoms with Gasteiger partial charge in [-0.3, -0.25) is 9.78 Å². The molecule has 21 heavy (non-hydrogen) atoms. The SMILES string of the molecule is CCN(CCc1ccncc1)C(=O)c1c(F)cccc1Cl. The molecule has 5 heteroatoms. The van der Waals surface area contributed by atoms with Crippen LogP contribution in [0.2, 0.25) is 5.02 Å². The second kappa shape index (κ2) is 7.18. The van der Waals surface area contributed by atoms with E-state index in [4.69, 9.17) is 11.6 Å². The molecule has 0 aliphatic carbocycles. The second-order valence-corrected chi connectivity index (χ2v) is 4.99. The summed E-state index contributed by atoms with van der Waals surface area (Å²) < 4.78 is 13.8. The van der Waals surface area contributed by atoms with Crippen LogP contribution < -0.4 is 0 Å². The van der Waals surface area contributed by atoms with Crippen molar-refractivity contribution < 1.29 is 9.18 Å². The Labute approximate surface area is 128 Å². The average molecular weight is 307 g/mol. The van der Waals surface area contributed by atoms with Gasteiger partial charge in [0.1, 0.15) is 5.82 Å². The van der Waals surface area contributed by atoms with Gasteiger partial charge in [-0.1, -0.05) is 17.7 Å². The van der Waals surface area contributed by atoms with Gasteiger partial charge < -0.3 is 4.90 Å². The number of hydrogen-bond donors (Lipinski definition) is 0. The van der Waals surface area contributed by atoms with Crippen molar-refractivity contribution >= 4 is 17.5 Å². The molecule has 0 saturated heterocycles. The highest BCUT2D eigenvalue weighted by Crippen LogP contribution is 2.21. The summed E-state index contributed by atoms with van der Waals surface area (Å²) in [6.45, 7) is 2.86. The van der Waals surface area contributed by atoms with Crippen molar-refractivity contribution in [3.8, 4) is 0 Å². The van der Waals surface area contributed by atoms with Crippen molar-refractivity contribution in [2.45, 2.75) is 13.3 Å². The molecule has 110 valence electrons. The summed E-state index contributed by atoms with van der Waals surface area (Å²) in [6, 6.07) is 8.05. The Morgan fingerprint density at radius 3 is 2.62 bits per heavy atom. The van der Waals surface area contributed by atoms with Crippen LogP contribution in [0, 0.1) is 5.82 Å². The van der Waals surface area contributed by atoms with E-state index in [0.29, 0.717) is 19.5 Å². The molecule has 2 rings (SSSR count). The monoisotopic (exact) mass is 306 g/mol. The van der Waals surface area contributed by atoms with E-state index >= 15 is 0 Å². The number of carbonyl (C=O) groups excluding carboxylic acids is 1. The number of nitrogens with zero attached hydrogens (tertiary/aromatic N) is 2. The molecule has 1 heterocycles. The molecule has 0 spiro atoms. The van der Waals surface area contributed by atoms with E-state index in [0.717, 1.165) is 5.56 Å². The van der Waals surface area contributed by atoms with E-state index < -0.39 is 5.82 Å². The average Bonchev–Trinajstić information content (AvgIpc) is 2.49. The van der Waals surface area contributed by atoms with Gasteiger partial charge in [0.15, 0.2) is 0 Å². The van der Waals surface area contributed by atoms with Crippen LogP contribution in [0.4, 0.5) is 4.39 Å². The number of likely N-dealkylation sites (N-methyl/N-ethyl adjacent to an activating group) is 1. The van der Waals surface area contributed by atoms with Crippen molar-refractivity contribution in [2.75, 3.05) is 13.1 Å². The van der Waals surface area contributed by atoms with Crippen LogP contribution in [-0.2, 0) is 6.42 Å². The molecular weight excluding hydrogens is 291 g/mol. The van der Waals surface area contributed by atoms with E-state index in [2.05, 4.69) is 4.98 Å². The van der Waals surface area contributed by atoms with Crippen LogP contribution >= 0.6 is 11.6 Å². The fourth-order valence-corrected chi connectivity index (χ4v) is 2.32. The topological polar surface area (TPSA) is 33.2 Å². The quantitative estimate of drug-likeness (QED) is 0.846. The molecule has 1 aromatic heterocycles. The molecule has 0 saturated carbocycles. The Kier molecular flexibility index (Phi) is 5.28. The zero-order valence-electron chi connectivity index (χ0n) is 11.7. The number of pyridine rings is 1. The van der Waals surface area contributed by atoms with Gasteiger partial charge in [-0.05, 0) is 43.2 Å². The van der Waals surface area contributed by atoms with Crippen LogP contribution in [0.15, 0.2) is 42.7 Å². The first-order valence-electron chi connectivity index (χ1n) is 6.75. The predicted octanol–water partition coefficient (Wildman–Crippen LogP) is 3.58. The molecule has 0 bridgehead atoms. The molecule has 0 aliphatic heterocycles. The number of carbonyl (C=O) groups is 1. The zero-order valence-corrected chi connectivity index (χ0v) is 12.5. The smallest absolute Gasteiger partial charge is 0.258 e. The Bertz CT molecular complexity index is 599. The van der Waals surface area contributed by atoms with Gasteiger partial charge >= 0.3 is 0 Å². The lowest BCUT2D eigenvalue weighted by Gasteiger charge is -2.21. The molecule has 0 fully saturated rings. The highest BCUT2D eigenvalue weighted by atomic mass is 35.5. The van der Waals surface area contributed by atoms with Crippen LogP contribution in [0.5, 0.6) is 0 Å². The predicted molar refractivity (Wildman–Crippen MR) is 80.9 cm³/mol. The standard InChI is InChI=1S/C16H16ClFN2O/c1-2-20(11-8-12-6-9-19-10-7-12)16(21)15-13(17)4-3-5-14(15)18/h3-7,9-10H,2,8,11H2,1H3. The molecule has 1 amide bonds. The van der Waals surface area contributed by atoms with E-state index in [1.54, 1.807) is 17.3 Å². The zero-order chi connectivity index (χ0) is 15.2. The van der Waals surface area contributed by atoms with Crippen molar-refractivity contribution in [3.05, 3.63) is 64.7 Å². The van der Waals surface area contributed by atoms with Gasteiger partial charge in [0, 0.05) is 25.5 Å². The minimum Gasteiger partial charge on any atom is -0.338 e. The third-order valence-corrected chi connectivity index (χ3v) is 3.58. The largest absolute Gasteiger partial charge is 0.338 e. The molecule has 0 atom stereocenters. The fourth-order valence-electron chi connectivity index (χ4n) is 2.08. The Morgan fingerprint density at radius 1 is 1.29 bits per heavy atom. The van der Waals surface area contributed by atoms with E-state index in [1.807, 2.05) is 19.1 Å². The lowest BCUT2D eigenvalue weighted by molar-refractivity contribution is 0.0761. The van der Waals surface area contributed by atoms with Crippen LogP contribution in [0.1, 0.15) is 22.8 Å². The maximum absolute atomic E-state index is 13.8. The first-order valence-corrected chi connectivity index (χ1v) is 7.13. The third kappa shape index (κ3) is 3.79. The summed E-state index contributed by atoms with van der Waals surface area (Å²) in [5.41, 5.74) is 1.02. The minimum atomic E-state index is -0.588. The molecule has 0 unspecified atom stereocenters. The number of halogens is 2. The lowest BCUT2D eigenvalue weighted by Crippen LogP contribution is -2.33. The maximum atomic E-state index is 13.8. The van der Waals surface area contributed by atoms with Crippen LogP contribution in [0.25, 0.3) is 0 Å². The Hall–Kier alpha value is -1.94. The summed E-state index contributed by atoms with van der Waals surface area (Å²) in [5, 5.41) is 0.141. The summed E-state index contributed by atoms with van der Waals surface area (Å²) >= 11 is 5.95. The summed E-state index contributed by atoms with van der Waals surface area (Å²) in [7, 11) is 0. The van der Waals surface area contributed by atoms with E-state index in [1.165, 1.54) is 18.2 Å². The van der Waals surface area contributed by atoms with Crippen molar-refractivity contribution in [1.82, 2.24) is 9.88 Å². The van der Waals surface area contributed by atoms with Gasteiger partial charge in [0.25, 0.3) is 5.91 Å². The Morgan fingerprint density at radius 2 is 2.00 bits per heavy atom. The van der Waals surface area contributed by atoms with E-state index in [-0.39, 0.29) is 16.5 Å². The second-order valence-electron chi connectivity index (χ2n) is 4.59. The van der Waals surface area contributed by atoms with Crippen LogP contribution in [0.3, 0.4) is 0 Å². The van der Waals surface area contributed by atoms with Crippen LogP contribution in [-0.4, -0.2) is 28.9 Å². The highest BCUT2D eigenvalue weighted by molar-refractivity contribution is 6.33. The molecule has 3 nitrogen and oxygen atoms in total. The summed E-state index contributed by atoms with van der Waals surface area (Å²) in [6.07, 6.45) is 4.11. The van der Waals surface area contributed by atoms with Crippen molar-refractivity contribution in [1.29, 1.82) is 0 Å². The summed E-state index contributed by atoms with van der Waals surface area (Å²) in [4.78, 5) is 18.0. The Balaban J connectivity index is 2.12. The van der Waals surface area contributed by atoms with Crippen molar-refractivity contribution in [2.24, 2.45) is 0 Å². The van der Waals surface area contributed by atoms with Gasteiger partial charge in [0.2, 0.25) is 0 Å². The van der Waals surface area contributed by atoms with Gasteiger partial charge in [-0.25, -0.2) is 4.39 Å². The van der Waals surface area contributed by atoms with Crippen molar-refractivity contribution in [3.63, 3.8) is 0 Å². The number of benzene rings is 1. The van der Waals surface area contributed by atoms with Gasteiger partial charge in [0.05, 0.1) is 10.6 Å². The normalized spacial score (nSPS) is 10.4. The van der Waals surface area contributed by atoms with E-state index in [9.17, 15) is 9.18 Å². The molecule has 0 N–H and O–H groups in total. The molecular formula is C16H16ClFN2O. The fraction of sp³-hybridized carbons (Fsp3) is 0.250. The maximum Gasteiger partial charge on any atom is 0.258 e. The first-order chi connectivity index (χ1) is 10.1. The lowest BCUT2D eigenvalue weighted by atomic mass is 10.1. The number of aromatic nitrogens is 1. The summed E-state index contributed by atoms with van der Waals surface area (Å²) in [5.74, 6) is -0.968. The number of rotatable bonds is 5. The number of hydrogen-bond acceptors (Lipinski definition) is 2. The first kappa shape index (κ1) is 15.4. The highest BCUT2D eigenvalue weighted by Gasteiger charge is 2.20. The molecule has 0 radical (unpaired) electrons. The molecule has 0 aliphatic rings. The molecule has 1 aromatic carbocycles. The molecule has 2 aromatic rings. The minimum absolute atomic E-state index is 0.0595. The van der Waals surface area contributed by atoms with Gasteiger partial charge in [-0.2, -0.15) is 0 Å². The van der Waals surface area contributed by atoms with Gasteiger partial charge in [-0.15, -0.1) is 0 Å². The number of amides is 1. The third-order valence-electron chi connectivity index (χ3n) is 3.27.